The van der Waals surface area contributed by atoms with E-state index in [-0.39, 0.29) is 34.9 Å². The second-order valence-corrected chi connectivity index (χ2v) is 8.24. The van der Waals surface area contributed by atoms with Gasteiger partial charge in [0, 0.05) is 25.4 Å². The number of sulfone groups is 1. The van der Waals surface area contributed by atoms with Crippen LogP contribution in [0.1, 0.15) is 25.7 Å². The van der Waals surface area contributed by atoms with Crippen LogP contribution in [0.4, 0.5) is 0 Å². The molecular formula is C16H20N2O4S. The maximum Gasteiger partial charge on any atom is 0.225 e. The molecule has 0 bridgehead atoms. The van der Waals surface area contributed by atoms with E-state index in [1.807, 2.05) is 4.90 Å². The summed E-state index contributed by atoms with van der Waals surface area (Å²) < 4.78 is 24.3. The minimum atomic E-state index is -3.45. The van der Waals surface area contributed by atoms with Crippen molar-refractivity contribution in [1.82, 2.24) is 10.2 Å². The number of nitrogens with one attached hydrogen (secondary N) is 1. The van der Waals surface area contributed by atoms with Crippen LogP contribution < -0.4 is 5.32 Å². The molecule has 1 saturated heterocycles. The van der Waals surface area contributed by atoms with Crippen molar-refractivity contribution in [2.45, 2.75) is 42.7 Å². The van der Waals surface area contributed by atoms with Gasteiger partial charge in [0.15, 0.2) is 9.84 Å². The van der Waals surface area contributed by atoms with Gasteiger partial charge in [0.2, 0.25) is 11.8 Å². The van der Waals surface area contributed by atoms with Gasteiger partial charge in [-0.3, -0.25) is 9.59 Å². The number of amides is 2. The van der Waals surface area contributed by atoms with Crippen LogP contribution in [0.3, 0.4) is 0 Å². The van der Waals surface area contributed by atoms with Gasteiger partial charge in [-0.05, 0) is 25.0 Å². The molecule has 2 amide bonds. The van der Waals surface area contributed by atoms with E-state index in [1.165, 1.54) is 12.1 Å². The predicted octanol–water partition coefficient (Wildman–Crippen LogP) is 0.730. The Labute approximate surface area is 135 Å². The van der Waals surface area contributed by atoms with E-state index in [4.69, 9.17) is 0 Å². The van der Waals surface area contributed by atoms with E-state index in [1.54, 1.807) is 18.2 Å². The summed E-state index contributed by atoms with van der Waals surface area (Å²) in [6, 6.07) is 8.26. The minimum absolute atomic E-state index is 0.0784. The van der Waals surface area contributed by atoms with Gasteiger partial charge in [-0.2, -0.15) is 0 Å². The number of carbonyl (C=O) groups is 2. The molecule has 0 aromatic heterocycles. The van der Waals surface area contributed by atoms with Crippen molar-refractivity contribution >= 4 is 21.7 Å². The Morgan fingerprint density at radius 2 is 1.91 bits per heavy atom. The molecule has 1 N–H and O–H groups in total. The smallest absolute Gasteiger partial charge is 0.225 e. The van der Waals surface area contributed by atoms with Crippen molar-refractivity contribution in [1.29, 1.82) is 0 Å². The Balaban J connectivity index is 1.49. The first-order valence-electron chi connectivity index (χ1n) is 7.82. The van der Waals surface area contributed by atoms with E-state index in [0.717, 1.165) is 12.8 Å². The summed E-state index contributed by atoms with van der Waals surface area (Å²) in [7, 11) is -3.45. The zero-order chi connectivity index (χ0) is 16.4. The van der Waals surface area contributed by atoms with E-state index in [9.17, 15) is 18.0 Å². The third kappa shape index (κ3) is 3.90. The second-order valence-electron chi connectivity index (χ2n) is 6.13. The maximum absolute atomic E-state index is 12.1. The molecule has 1 atom stereocenters. The zero-order valence-electron chi connectivity index (χ0n) is 12.8. The summed E-state index contributed by atoms with van der Waals surface area (Å²) in [6.07, 6.45) is 2.31. The topological polar surface area (TPSA) is 83.5 Å². The highest BCUT2D eigenvalue weighted by atomic mass is 32.2. The molecule has 1 saturated carbocycles. The standard InChI is InChI=1S/C16H20N2O4S/c19-15(8-9-23(21,22)14-4-2-1-3-5-14)17-12-10-16(20)18(11-12)13-6-7-13/h1-5,12-13H,6-11H2,(H,17,19)/t12-/m1/s1. The van der Waals surface area contributed by atoms with Crippen LogP contribution in [-0.2, 0) is 19.4 Å². The normalized spacial score (nSPS) is 21.5. The average Bonchev–Trinajstić information content (AvgIpc) is 3.30. The summed E-state index contributed by atoms with van der Waals surface area (Å²) in [4.78, 5) is 25.8. The van der Waals surface area contributed by atoms with Crippen molar-refractivity contribution in [3.05, 3.63) is 30.3 Å². The minimum Gasteiger partial charge on any atom is -0.351 e. The lowest BCUT2D eigenvalue weighted by Crippen LogP contribution is -2.38. The van der Waals surface area contributed by atoms with Crippen molar-refractivity contribution in [3.8, 4) is 0 Å². The summed E-state index contributed by atoms with van der Waals surface area (Å²) >= 11 is 0. The van der Waals surface area contributed by atoms with Crippen molar-refractivity contribution in [2.75, 3.05) is 12.3 Å². The van der Waals surface area contributed by atoms with Gasteiger partial charge >= 0.3 is 0 Å². The summed E-state index contributed by atoms with van der Waals surface area (Å²) in [6.45, 7) is 0.542. The lowest BCUT2D eigenvalue weighted by atomic mass is 10.2. The van der Waals surface area contributed by atoms with Crippen molar-refractivity contribution in [3.63, 3.8) is 0 Å². The van der Waals surface area contributed by atoms with E-state index < -0.39 is 9.84 Å². The molecule has 3 rings (SSSR count). The van der Waals surface area contributed by atoms with Crippen LogP contribution >= 0.6 is 0 Å². The summed E-state index contributed by atoms with van der Waals surface area (Å²) in [5.74, 6) is -0.467. The maximum atomic E-state index is 12.1. The molecule has 1 aromatic rings. The molecule has 1 heterocycles. The van der Waals surface area contributed by atoms with Gasteiger partial charge in [-0.15, -0.1) is 0 Å². The average molecular weight is 336 g/mol. The number of likely N-dealkylation sites (tertiary alicyclic amines) is 1. The van der Waals surface area contributed by atoms with E-state index >= 15 is 0 Å². The monoisotopic (exact) mass is 336 g/mol. The van der Waals surface area contributed by atoms with Crippen LogP contribution in [0.5, 0.6) is 0 Å². The molecule has 124 valence electrons. The predicted molar refractivity (Wildman–Crippen MR) is 84.4 cm³/mol. The Kier molecular flexibility index (Phi) is 4.39. The second kappa shape index (κ2) is 6.31. The molecule has 2 aliphatic rings. The molecule has 0 unspecified atom stereocenters. The van der Waals surface area contributed by atoms with E-state index in [2.05, 4.69) is 5.32 Å². The molecular weight excluding hydrogens is 316 g/mol. The van der Waals surface area contributed by atoms with Gasteiger partial charge in [0.1, 0.15) is 0 Å². The highest BCUT2D eigenvalue weighted by Gasteiger charge is 2.39. The number of hydrogen-bond acceptors (Lipinski definition) is 4. The molecule has 0 spiro atoms. The molecule has 23 heavy (non-hydrogen) atoms. The van der Waals surface area contributed by atoms with Crippen LogP contribution in [0.15, 0.2) is 35.2 Å². The zero-order valence-corrected chi connectivity index (χ0v) is 13.6. The quantitative estimate of drug-likeness (QED) is 0.830. The molecule has 0 radical (unpaired) electrons. The summed E-state index contributed by atoms with van der Waals surface area (Å²) in [5, 5.41) is 2.78. The number of hydrogen-bond donors (Lipinski definition) is 1. The summed E-state index contributed by atoms with van der Waals surface area (Å²) in [5.41, 5.74) is 0. The van der Waals surface area contributed by atoms with Crippen molar-refractivity contribution < 1.29 is 18.0 Å². The van der Waals surface area contributed by atoms with Gasteiger partial charge in [0.05, 0.1) is 16.7 Å². The molecule has 6 nitrogen and oxygen atoms in total. The third-order valence-electron chi connectivity index (χ3n) is 4.21. The Morgan fingerprint density at radius 1 is 1.22 bits per heavy atom. The number of benzene rings is 1. The van der Waals surface area contributed by atoms with Gasteiger partial charge in [-0.1, -0.05) is 18.2 Å². The molecule has 1 aliphatic heterocycles. The Bertz CT molecular complexity index is 698. The molecule has 2 fully saturated rings. The molecule has 1 aromatic carbocycles. The highest BCUT2D eigenvalue weighted by molar-refractivity contribution is 7.91. The Hall–Kier alpha value is -1.89. The highest BCUT2D eigenvalue weighted by Crippen LogP contribution is 2.30. The lowest BCUT2D eigenvalue weighted by Gasteiger charge is -2.16. The van der Waals surface area contributed by atoms with Crippen LogP contribution in [0.2, 0.25) is 0 Å². The first kappa shape index (κ1) is 16.0. The van der Waals surface area contributed by atoms with Crippen LogP contribution in [-0.4, -0.2) is 49.5 Å². The van der Waals surface area contributed by atoms with Crippen LogP contribution in [0, 0.1) is 0 Å². The molecule has 7 heteroatoms. The fourth-order valence-corrected chi connectivity index (χ4v) is 4.10. The Morgan fingerprint density at radius 3 is 2.57 bits per heavy atom. The van der Waals surface area contributed by atoms with Gasteiger partial charge < -0.3 is 10.2 Å². The number of carbonyl (C=O) groups excluding carboxylic acids is 2. The first-order chi connectivity index (χ1) is 11.0. The van der Waals surface area contributed by atoms with Gasteiger partial charge in [0.25, 0.3) is 0 Å². The molecule has 1 aliphatic carbocycles. The number of rotatable bonds is 6. The third-order valence-corrected chi connectivity index (χ3v) is 5.94. The van der Waals surface area contributed by atoms with Crippen molar-refractivity contribution in [2.24, 2.45) is 0 Å². The number of nitrogens with zero attached hydrogens (tertiary/aromatic N) is 1. The van der Waals surface area contributed by atoms with Gasteiger partial charge in [-0.25, -0.2) is 8.42 Å². The van der Waals surface area contributed by atoms with E-state index in [0.29, 0.717) is 19.0 Å². The lowest BCUT2D eigenvalue weighted by molar-refractivity contribution is -0.128. The first-order valence-corrected chi connectivity index (χ1v) is 9.47. The van der Waals surface area contributed by atoms with Crippen LogP contribution in [0.25, 0.3) is 0 Å². The SMILES string of the molecule is O=C(CCS(=O)(=O)c1ccccc1)N[C@@H]1CC(=O)N(C2CC2)C1. The largest absolute Gasteiger partial charge is 0.351 e. The fraction of sp³-hybridized carbons (Fsp3) is 0.500. The fourth-order valence-electron chi connectivity index (χ4n) is 2.84.